The number of sulfonamides is 1. The van der Waals surface area contributed by atoms with Gasteiger partial charge in [0.05, 0.1) is 5.56 Å². The van der Waals surface area contributed by atoms with Crippen molar-refractivity contribution in [3.8, 4) is 0 Å². The Balaban J connectivity index is 1.92. The minimum absolute atomic E-state index is 0.0739. The van der Waals surface area contributed by atoms with Gasteiger partial charge < -0.3 is 10.0 Å². The Morgan fingerprint density at radius 2 is 2.00 bits per heavy atom. The van der Waals surface area contributed by atoms with Gasteiger partial charge in [-0.3, -0.25) is 4.79 Å². The fourth-order valence-electron chi connectivity index (χ4n) is 3.70. The molecule has 3 atom stereocenters. The molecule has 2 heterocycles. The van der Waals surface area contributed by atoms with Crippen LogP contribution in [0.15, 0.2) is 15.7 Å². The van der Waals surface area contributed by atoms with Crippen LogP contribution in [-0.2, 0) is 14.8 Å². The van der Waals surface area contributed by atoms with Crippen molar-refractivity contribution in [2.75, 3.05) is 0 Å². The second-order valence-corrected chi connectivity index (χ2v) is 8.81. The van der Waals surface area contributed by atoms with Crippen LogP contribution in [-0.4, -0.2) is 42.4 Å². The molecule has 3 rings (SSSR count). The first-order valence-corrected chi connectivity index (χ1v) is 9.88. The quantitative estimate of drug-likeness (QED) is 0.843. The van der Waals surface area contributed by atoms with E-state index < -0.39 is 27.9 Å². The molecule has 23 heavy (non-hydrogen) atoms. The molecular formula is C14H18N2O5S2. The molecule has 0 spiro atoms. The van der Waals surface area contributed by atoms with Crippen molar-refractivity contribution in [1.29, 1.82) is 0 Å². The molecule has 1 aliphatic heterocycles. The minimum atomic E-state index is -3.86. The highest BCUT2D eigenvalue weighted by molar-refractivity contribution is 7.91. The van der Waals surface area contributed by atoms with E-state index in [-0.39, 0.29) is 21.7 Å². The molecule has 0 aromatic carbocycles. The summed E-state index contributed by atoms with van der Waals surface area (Å²) in [6, 6.07) is 0.320. The number of carbonyl (C=O) groups excluding carboxylic acids is 1. The summed E-state index contributed by atoms with van der Waals surface area (Å²) in [7, 11) is -3.86. The lowest BCUT2D eigenvalue weighted by atomic mass is 9.84. The van der Waals surface area contributed by atoms with Crippen molar-refractivity contribution < 1.29 is 23.1 Å². The van der Waals surface area contributed by atoms with Crippen LogP contribution in [0, 0.1) is 5.92 Å². The van der Waals surface area contributed by atoms with Crippen LogP contribution in [0.3, 0.4) is 0 Å². The molecule has 0 bridgehead atoms. The first kappa shape index (κ1) is 16.4. The molecular weight excluding hydrogens is 340 g/mol. The third-order valence-electron chi connectivity index (χ3n) is 4.71. The maximum absolute atomic E-state index is 12.8. The molecule has 2 fully saturated rings. The number of carboxylic acid groups (broad SMARTS) is 1. The number of likely N-dealkylation sites (tertiary alicyclic amines) is 1. The molecule has 1 saturated carbocycles. The first-order valence-electron chi connectivity index (χ1n) is 7.46. The van der Waals surface area contributed by atoms with Crippen molar-refractivity contribution >= 4 is 33.2 Å². The fraction of sp³-hybridized carbons (Fsp3) is 0.571. The number of rotatable bonds is 3. The maximum Gasteiger partial charge on any atom is 0.326 e. The van der Waals surface area contributed by atoms with Gasteiger partial charge in [-0.15, -0.1) is 11.3 Å². The maximum atomic E-state index is 12.8. The highest BCUT2D eigenvalue weighted by Gasteiger charge is 2.47. The zero-order valence-electron chi connectivity index (χ0n) is 12.3. The third-order valence-corrected chi connectivity index (χ3v) is 7.10. The van der Waals surface area contributed by atoms with Crippen LogP contribution in [0.2, 0.25) is 0 Å². The Kier molecular flexibility index (Phi) is 4.19. The van der Waals surface area contributed by atoms with Gasteiger partial charge in [-0.25, -0.2) is 18.4 Å². The van der Waals surface area contributed by atoms with Crippen molar-refractivity contribution in [3.63, 3.8) is 0 Å². The number of nitrogens with two attached hydrogens (primary N) is 1. The molecule has 1 aliphatic carbocycles. The molecule has 1 amide bonds. The number of hydrogen-bond acceptors (Lipinski definition) is 5. The minimum Gasteiger partial charge on any atom is -0.480 e. The summed E-state index contributed by atoms with van der Waals surface area (Å²) in [6.07, 6.45) is 4.24. The number of hydrogen-bond donors (Lipinski definition) is 2. The summed E-state index contributed by atoms with van der Waals surface area (Å²) in [6.45, 7) is 0. The van der Waals surface area contributed by atoms with E-state index in [0.29, 0.717) is 6.42 Å². The van der Waals surface area contributed by atoms with Crippen LogP contribution in [0.4, 0.5) is 0 Å². The molecule has 1 aromatic rings. The zero-order valence-corrected chi connectivity index (χ0v) is 14.0. The lowest BCUT2D eigenvalue weighted by Gasteiger charge is -2.32. The van der Waals surface area contributed by atoms with Gasteiger partial charge in [-0.05, 0) is 31.2 Å². The Morgan fingerprint density at radius 1 is 1.30 bits per heavy atom. The summed E-state index contributed by atoms with van der Waals surface area (Å²) < 4.78 is 22.6. The van der Waals surface area contributed by atoms with E-state index in [4.69, 9.17) is 5.14 Å². The predicted molar refractivity (Wildman–Crippen MR) is 83.6 cm³/mol. The van der Waals surface area contributed by atoms with Gasteiger partial charge in [-0.1, -0.05) is 12.8 Å². The lowest BCUT2D eigenvalue weighted by Crippen LogP contribution is -2.46. The predicted octanol–water partition coefficient (Wildman–Crippen LogP) is 1.25. The second kappa shape index (κ2) is 5.88. The summed E-state index contributed by atoms with van der Waals surface area (Å²) >= 11 is 0.875. The monoisotopic (exact) mass is 358 g/mol. The standard InChI is InChI=1S/C14H18N2O5S2/c15-23(20,21)12-6-9(7-22-12)13(17)16-10-4-2-1-3-8(10)5-11(16)14(18)19/h6-8,10-11H,1-5H2,(H,18,19)(H2,15,20,21). The first-order chi connectivity index (χ1) is 10.8. The van der Waals surface area contributed by atoms with Crippen LogP contribution >= 0.6 is 11.3 Å². The molecule has 1 saturated heterocycles. The van der Waals surface area contributed by atoms with Crippen molar-refractivity contribution in [3.05, 3.63) is 17.0 Å². The number of primary sulfonamides is 1. The molecule has 3 unspecified atom stereocenters. The smallest absolute Gasteiger partial charge is 0.326 e. The Bertz CT molecular complexity index is 742. The number of aliphatic carboxylic acids is 1. The van der Waals surface area contributed by atoms with Crippen LogP contribution in [0.5, 0.6) is 0 Å². The van der Waals surface area contributed by atoms with Gasteiger partial charge in [0.15, 0.2) is 0 Å². The Hall–Kier alpha value is -1.45. The molecule has 0 radical (unpaired) electrons. The number of fused-ring (bicyclic) bond motifs is 1. The van der Waals surface area contributed by atoms with Crippen LogP contribution in [0.1, 0.15) is 42.5 Å². The number of amides is 1. The topological polar surface area (TPSA) is 118 Å². The van der Waals surface area contributed by atoms with Gasteiger partial charge >= 0.3 is 5.97 Å². The highest BCUT2D eigenvalue weighted by atomic mass is 32.2. The normalized spacial score (nSPS) is 27.7. The van der Waals surface area contributed by atoms with E-state index in [9.17, 15) is 23.1 Å². The van der Waals surface area contributed by atoms with Crippen molar-refractivity contribution in [2.45, 2.75) is 48.4 Å². The second-order valence-electron chi connectivity index (χ2n) is 6.11. The van der Waals surface area contributed by atoms with Gasteiger partial charge in [-0.2, -0.15) is 0 Å². The molecule has 1 aromatic heterocycles. The van der Waals surface area contributed by atoms with Gasteiger partial charge in [0.1, 0.15) is 10.3 Å². The Labute approximate surface area is 138 Å². The Morgan fingerprint density at radius 3 is 2.61 bits per heavy atom. The summed E-state index contributed by atoms with van der Waals surface area (Å²) in [5.41, 5.74) is 0.191. The van der Waals surface area contributed by atoms with Crippen LogP contribution in [0.25, 0.3) is 0 Å². The highest BCUT2D eigenvalue weighted by Crippen LogP contribution is 2.40. The zero-order chi connectivity index (χ0) is 16.8. The summed E-state index contributed by atoms with van der Waals surface area (Å²) in [4.78, 5) is 25.8. The van der Waals surface area contributed by atoms with E-state index >= 15 is 0 Å². The van der Waals surface area contributed by atoms with E-state index in [0.717, 1.165) is 37.0 Å². The van der Waals surface area contributed by atoms with Gasteiger partial charge in [0.2, 0.25) is 10.0 Å². The average Bonchev–Trinajstić information content (AvgIpc) is 3.11. The average molecular weight is 358 g/mol. The lowest BCUT2D eigenvalue weighted by molar-refractivity contribution is -0.141. The van der Waals surface area contributed by atoms with E-state index in [1.165, 1.54) is 16.3 Å². The van der Waals surface area contributed by atoms with Crippen molar-refractivity contribution in [1.82, 2.24) is 4.90 Å². The number of thiophene rings is 1. The van der Waals surface area contributed by atoms with Gasteiger partial charge in [0, 0.05) is 11.4 Å². The molecule has 126 valence electrons. The molecule has 7 nitrogen and oxygen atoms in total. The molecule has 3 N–H and O–H groups in total. The fourth-order valence-corrected chi connectivity index (χ4v) is 5.28. The number of nitrogens with zero attached hydrogens (tertiary/aromatic N) is 1. The SMILES string of the molecule is NS(=O)(=O)c1cc(C(=O)N2C(C(=O)O)CC3CCCCC32)cs1. The molecule has 9 heteroatoms. The largest absolute Gasteiger partial charge is 0.480 e. The molecule has 2 aliphatic rings. The van der Waals surface area contributed by atoms with E-state index in [2.05, 4.69) is 0 Å². The van der Waals surface area contributed by atoms with Crippen LogP contribution < -0.4 is 5.14 Å². The van der Waals surface area contributed by atoms with Crippen molar-refractivity contribution in [2.24, 2.45) is 11.1 Å². The summed E-state index contributed by atoms with van der Waals surface area (Å²) in [5.74, 6) is -1.21. The number of carboxylic acids is 1. The van der Waals surface area contributed by atoms with E-state index in [1.807, 2.05) is 0 Å². The van der Waals surface area contributed by atoms with Gasteiger partial charge in [0.25, 0.3) is 5.91 Å². The number of carbonyl (C=O) groups is 2. The third kappa shape index (κ3) is 3.00. The summed E-state index contributed by atoms with van der Waals surface area (Å²) in [5, 5.41) is 16.0. The van der Waals surface area contributed by atoms with E-state index in [1.54, 1.807) is 0 Å².